The minimum atomic E-state index is -0.0671. The summed E-state index contributed by atoms with van der Waals surface area (Å²) >= 11 is 0. The van der Waals surface area contributed by atoms with Crippen LogP contribution in [0.1, 0.15) is 16.1 Å². The zero-order valence-corrected chi connectivity index (χ0v) is 16.7. The van der Waals surface area contributed by atoms with Crippen LogP contribution in [0.15, 0.2) is 59.1 Å². The molecule has 0 spiro atoms. The van der Waals surface area contributed by atoms with Crippen molar-refractivity contribution >= 4 is 5.91 Å². The van der Waals surface area contributed by atoms with Gasteiger partial charge >= 0.3 is 0 Å². The molecule has 150 valence electrons. The van der Waals surface area contributed by atoms with Gasteiger partial charge in [0.1, 0.15) is 11.4 Å². The summed E-state index contributed by atoms with van der Waals surface area (Å²) in [6.07, 6.45) is 1.66. The molecule has 8 nitrogen and oxygen atoms in total. The summed E-state index contributed by atoms with van der Waals surface area (Å²) in [5.41, 5.74) is 3.75. The number of aromatic nitrogens is 4. The fourth-order valence-corrected chi connectivity index (χ4v) is 2.91. The molecule has 0 bridgehead atoms. The lowest BCUT2D eigenvalue weighted by atomic mass is 10.1. The standard InChI is InChI=1S/C22H19N5O3/c1-13-19(21-26-25-20(30-21)16-5-4-6-17(28)11-16)24-18(12-23-13)14-7-9-15(10-8-14)22(29)27(2)3/h4-12,28H,1-3H3. The van der Waals surface area contributed by atoms with E-state index in [9.17, 15) is 9.90 Å². The van der Waals surface area contributed by atoms with Crippen molar-refractivity contribution in [3.8, 4) is 40.0 Å². The van der Waals surface area contributed by atoms with Gasteiger partial charge in [0.2, 0.25) is 5.89 Å². The summed E-state index contributed by atoms with van der Waals surface area (Å²) in [7, 11) is 3.42. The molecule has 4 rings (SSSR count). The third-order valence-corrected chi connectivity index (χ3v) is 4.51. The SMILES string of the molecule is Cc1ncc(-c2ccc(C(=O)N(C)C)cc2)nc1-c1nnc(-c2cccc(O)c2)o1. The molecule has 2 aromatic heterocycles. The number of amides is 1. The number of phenols is 1. The Labute approximate surface area is 172 Å². The topological polar surface area (TPSA) is 105 Å². The molecule has 2 aromatic carbocycles. The second-order valence-corrected chi connectivity index (χ2v) is 6.93. The maximum absolute atomic E-state index is 12.1. The van der Waals surface area contributed by atoms with Gasteiger partial charge in [0.15, 0.2) is 0 Å². The van der Waals surface area contributed by atoms with E-state index >= 15 is 0 Å². The summed E-state index contributed by atoms with van der Waals surface area (Å²) in [6.45, 7) is 1.81. The number of hydrogen-bond acceptors (Lipinski definition) is 7. The normalized spacial score (nSPS) is 10.8. The van der Waals surface area contributed by atoms with Gasteiger partial charge in [0.05, 0.1) is 17.6 Å². The van der Waals surface area contributed by atoms with E-state index in [1.165, 1.54) is 4.90 Å². The Bertz CT molecular complexity index is 1220. The first-order valence-corrected chi connectivity index (χ1v) is 9.21. The molecule has 0 aliphatic heterocycles. The van der Waals surface area contributed by atoms with E-state index in [4.69, 9.17) is 4.42 Å². The van der Waals surface area contributed by atoms with Crippen molar-refractivity contribution in [2.75, 3.05) is 14.1 Å². The van der Waals surface area contributed by atoms with E-state index < -0.39 is 0 Å². The Balaban J connectivity index is 1.67. The van der Waals surface area contributed by atoms with Gasteiger partial charge in [-0.3, -0.25) is 9.78 Å². The van der Waals surface area contributed by atoms with Crippen LogP contribution < -0.4 is 0 Å². The first-order valence-electron chi connectivity index (χ1n) is 9.21. The monoisotopic (exact) mass is 401 g/mol. The summed E-state index contributed by atoms with van der Waals surface area (Å²) in [4.78, 5) is 22.6. The highest BCUT2D eigenvalue weighted by Crippen LogP contribution is 2.28. The van der Waals surface area contributed by atoms with Crippen LogP contribution in [0.3, 0.4) is 0 Å². The summed E-state index contributed by atoms with van der Waals surface area (Å²) in [6, 6.07) is 13.7. The first-order chi connectivity index (χ1) is 14.4. The van der Waals surface area contributed by atoms with Gasteiger partial charge < -0.3 is 14.4 Å². The molecule has 1 amide bonds. The number of phenolic OH excluding ortho intramolecular Hbond substituents is 1. The average Bonchev–Trinajstić information content (AvgIpc) is 3.24. The lowest BCUT2D eigenvalue weighted by Gasteiger charge is -2.10. The van der Waals surface area contributed by atoms with Crippen molar-refractivity contribution in [1.82, 2.24) is 25.1 Å². The van der Waals surface area contributed by atoms with Crippen molar-refractivity contribution in [3.05, 3.63) is 66.0 Å². The molecule has 4 aromatic rings. The van der Waals surface area contributed by atoms with Crippen molar-refractivity contribution in [3.63, 3.8) is 0 Å². The second kappa shape index (κ2) is 7.75. The highest BCUT2D eigenvalue weighted by molar-refractivity contribution is 5.94. The second-order valence-electron chi connectivity index (χ2n) is 6.93. The molecule has 2 heterocycles. The predicted octanol–water partition coefficient (Wildman–Crippen LogP) is 3.58. The van der Waals surface area contributed by atoms with Crippen molar-refractivity contribution in [2.45, 2.75) is 6.92 Å². The maximum Gasteiger partial charge on any atom is 0.268 e. The third kappa shape index (κ3) is 3.75. The zero-order valence-electron chi connectivity index (χ0n) is 16.7. The van der Waals surface area contributed by atoms with Crippen LogP contribution >= 0.6 is 0 Å². The molecule has 8 heteroatoms. The Morgan fingerprint density at radius 2 is 1.73 bits per heavy atom. The number of benzene rings is 2. The minimum absolute atomic E-state index is 0.0671. The third-order valence-electron chi connectivity index (χ3n) is 4.51. The molecule has 0 aliphatic rings. The van der Waals surface area contributed by atoms with Gasteiger partial charge in [-0.2, -0.15) is 0 Å². The maximum atomic E-state index is 12.1. The average molecular weight is 401 g/mol. The summed E-state index contributed by atoms with van der Waals surface area (Å²) < 4.78 is 5.77. The van der Waals surface area contributed by atoms with E-state index in [0.29, 0.717) is 28.2 Å². The minimum Gasteiger partial charge on any atom is -0.508 e. The Kier molecular flexibility index (Phi) is 4.97. The van der Waals surface area contributed by atoms with Gasteiger partial charge in [0, 0.05) is 30.8 Å². The summed E-state index contributed by atoms with van der Waals surface area (Å²) in [5.74, 6) is 0.558. The van der Waals surface area contributed by atoms with Crippen LogP contribution in [0.25, 0.3) is 34.3 Å². The van der Waals surface area contributed by atoms with Crippen molar-refractivity contribution in [1.29, 1.82) is 0 Å². The van der Waals surface area contributed by atoms with Gasteiger partial charge in [-0.05, 0) is 37.3 Å². The number of hydrogen-bond donors (Lipinski definition) is 1. The number of rotatable bonds is 4. The van der Waals surface area contributed by atoms with Crippen LogP contribution in [0.5, 0.6) is 5.75 Å². The Morgan fingerprint density at radius 3 is 2.43 bits per heavy atom. The van der Waals surface area contributed by atoms with E-state index in [2.05, 4.69) is 20.2 Å². The molecule has 0 saturated carbocycles. The fraction of sp³-hybridized carbons (Fsp3) is 0.136. The van der Waals surface area contributed by atoms with Gasteiger partial charge in [-0.1, -0.05) is 18.2 Å². The number of aryl methyl sites for hydroxylation is 1. The van der Waals surface area contributed by atoms with Gasteiger partial charge in [0.25, 0.3) is 11.8 Å². The smallest absolute Gasteiger partial charge is 0.268 e. The molecule has 0 aliphatic carbocycles. The van der Waals surface area contributed by atoms with Gasteiger partial charge in [-0.25, -0.2) is 4.98 Å². The zero-order chi connectivity index (χ0) is 21.3. The molecule has 0 saturated heterocycles. The first kappa shape index (κ1) is 19.3. The lowest BCUT2D eigenvalue weighted by Crippen LogP contribution is -2.21. The predicted molar refractivity (Wildman–Crippen MR) is 111 cm³/mol. The number of aromatic hydroxyl groups is 1. The van der Waals surface area contributed by atoms with Crippen LogP contribution in [0.4, 0.5) is 0 Å². The van der Waals surface area contributed by atoms with Crippen LogP contribution in [-0.4, -0.2) is 50.2 Å². The van der Waals surface area contributed by atoms with Crippen LogP contribution in [0.2, 0.25) is 0 Å². The van der Waals surface area contributed by atoms with E-state index in [1.54, 1.807) is 56.7 Å². The van der Waals surface area contributed by atoms with E-state index in [0.717, 1.165) is 5.56 Å². The number of carbonyl (C=O) groups excluding carboxylic acids is 1. The molecular weight excluding hydrogens is 382 g/mol. The van der Waals surface area contributed by atoms with E-state index in [-0.39, 0.29) is 23.4 Å². The Hall–Kier alpha value is -4.07. The quantitative estimate of drug-likeness (QED) is 0.557. The number of carbonyl (C=O) groups is 1. The molecule has 30 heavy (non-hydrogen) atoms. The molecule has 0 fully saturated rings. The molecule has 1 N–H and O–H groups in total. The van der Waals surface area contributed by atoms with Crippen molar-refractivity contribution < 1.29 is 14.3 Å². The van der Waals surface area contributed by atoms with Crippen LogP contribution in [0, 0.1) is 6.92 Å². The van der Waals surface area contributed by atoms with Crippen molar-refractivity contribution in [2.24, 2.45) is 0 Å². The van der Waals surface area contributed by atoms with E-state index in [1.807, 2.05) is 19.1 Å². The van der Waals surface area contributed by atoms with Crippen LogP contribution in [-0.2, 0) is 0 Å². The molecule has 0 atom stereocenters. The molecule has 0 radical (unpaired) electrons. The molecular formula is C22H19N5O3. The number of nitrogens with zero attached hydrogens (tertiary/aromatic N) is 5. The lowest BCUT2D eigenvalue weighted by molar-refractivity contribution is 0.0827. The summed E-state index contributed by atoms with van der Waals surface area (Å²) in [5, 5.41) is 17.8. The highest BCUT2D eigenvalue weighted by atomic mass is 16.4. The highest BCUT2D eigenvalue weighted by Gasteiger charge is 2.17. The van der Waals surface area contributed by atoms with Gasteiger partial charge in [-0.15, -0.1) is 10.2 Å². The Morgan fingerprint density at radius 1 is 1.00 bits per heavy atom. The fourth-order valence-electron chi connectivity index (χ4n) is 2.91. The molecule has 0 unspecified atom stereocenters. The largest absolute Gasteiger partial charge is 0.508 e.